The molecule has 0 saturated carbocycles. The van der Waals surface area contributed by atoms with Crippen molar-refractivity contribution in [1.82, 2.24) is 5.32 Å². The Morgan fingerprint density at radius 3 is 2.82 bits per heavy atom. The minimum Gasteiger partial charge on any atom is -0.372 e. The van der Waals surface area contributed by atoms with Crippen LogP contribution in [0.5, 0.6) is 0 Å². The molecule has 17 heavy (non-hydrogen) atoms. The molecule has 3 heteroatoms. The summed E-state index contributed by atoms with van der Waals surface area (Å²) >= 11 is 0. The molecule has 0 unspecified atom stereocenters. The fourth-order valence-corrected chi connectivity index (χ4v) is 1.71. The lowest BCUT2D eigenvalue weighted by atomic mass is 10.0. The molecule has 0 radical (unpaired) electrons. The number of terminal acetylenes is 1. The van der Waals surface area contributed by atoms with Crippen molar-refractivity contribution in [3.63, 3.8) is 0 Å². The fourth-order valence-electron chi connectivity index (χ4n) is 1.71. The lowest BCUT2D eigenvalue weighted by Crippen LogP contribution is -2.42. The predicted octanol–water partition coefficient (Wildman–Crippen LogP) is 1.86. The molecule has 88 valence electrons. The Balaban J connectivity index is 2.19. The summed E-state index contributed by atoms with van der Waals surface area (Å²) in [6.45, 7) is 4.80. The van der Waals surface area contributed by atoms with E-state index < -0.39 is 5.54 Å². The van der Waals surface area contributed by atoms with Crippen LogP contribution in [0.15, 0.2) is 18.2 Å². The molecule has 1 aliphatic rings. The van der Waals surface area contributed by atoms with Crippen molar-refractivity contribution in [3.8, 4) is 12.3 Å². The van der Waals surface area contributed by atoms with Gasteiger partial charge in [0.25, 0.3) is 5.91 Å². The van der Waals surface area contributed by atoms with Gasteiger partial charge < -0.3 is 10.1 Å². The second kappa shape index (κ2) is 4.23. The molecular weight excluding hydrogens is 214 g/mol. The summed E-state index contributed by atoms with van der Waals surface area (Å²) in [4.78, 5) is 12.0. The van der Waals surface area contributed by atoms with Crippen molar-refractivity contribution in [2.24, 2.45) is 0 Å². The summed E-state index contributed by atoms with van der Waals surface area (Å²) in [7, 11) is 0. The first kappa shape index (κ1) is 11.7. The summed E-state index contributed by atoms with van der Waals surface area (Å²) in [6.07, 6.45) is 5.34. The molecule has 1 aromatic carbocycles. The van der Waals surface area contributed by atoms with Gasteiger partial charge in [-0.25, -0.2) is 0 Å². The van der Waals surface area contributed by atoms with Crippen LogP contribution < -0.4 is 5.32 Å². The Labute approximate surface area is 101 Å². The van der Waals surface area contributed by atoms with E-state index in [0.717, 1.165) is 11.1 Å². The first-order valence-corrected chi connectivity index (χ1v) is 5.52. The van der Waals surface area contributed by atoms with E-state index in [1.165, 1.54) is 0 Å². The SMILES string of the molecule is C#CC(C)(C)NC(=O)c1ccc2c(c1)COC2. The highest BCUT2D eigenvalue weighted by Gasteiger charge is 2.19. The third-order valence-corrected chi connectivity index (χ3v) is 2.77. The highest BCUT2D eigenvalue weighted by atomic mass is 16.5. The second-order valence-electron chi connectivity index (χ2n) is 4.70. The summed E-state index contributed by atoms with van der Waals surface area (Å²) in [5.74, 6) is 2.39. The number of amides is 1. The quantitative estimate of drug-likeness (QED) is 0.786. The molecule has 0 atom stereocenters. The number of carbonyl (C=O) groups excluding carboxylic acids is 1. The molecule has 0 saturated heterocycles. The van der Waals surface area contributed by atoms with E-state index in [0.29, 0.717) is 18.8 Å². The highest BCUT2D eigenvalue weighted by Crippen LogP contribution is 2.21. The van der Waals surface area contributed by atoms with Gasteiger partial charge in [0, 0.05) is 5.56 Å². The molecule has 0 bridgehead atoms. The fraction of sp³-hybridized carbons (Fsp3) is 0.357. The smallest absolute Gasteiger partial charge is 0.252 e. The normalized spacial score (nSPS) is 13.9. The van der Waals surface area contributed by atoms with Crippen LogP contribution in [-0.2, 0) is 18.0 Å². The maximum atomic E-state index is 12.0. The van der Waals surface area contributed by atoms with Crippen LogP contribution in [0.25, 0.3) is 0 Å². The zero-order valence-corrected chi connectivity index (χ0v) is 10.0. The van der Waals surface area contributed by atoms with Gasteiger partial charge in [-0.3, -0.25) is 4.79 Å². The van der Waals surface area contributed by atoms with E-state index in [4.69, 9.17) is 11.2 Å². The molecule has 0 fully saturated rings. The molecule has 0 aromatic heterocycles. The van der Waals surface area contributed by atoms with Gasteiger partial charge >= 0.3 is 0 Å². The van der Waals surface area contributed by atoms with Gasteiger partial charge in [0.05, 0.1) is 18.8 Å². The molecule has 1 aliphatic heterocycles. The summed E-state index contributed by atoms with van der Waals surface area (Å²) in [5, 5.41) is 2.80. The van der Waals surface area contributed by atoms with Crippen LogP contribution in [0.3, 0.4) is 0 Å². The second-order valence-corrected chi connectivity index (χ2v) is 4.70. The molecule has 1 heterocycles. The van der Waals surface area contributed by atoms with E-state index in [-0.39, 0.29) is 5.91 Å². The molecule has 0 spiro atoms. The van der Waals surface area contributed by atoms with E-state index in [1.54, 1.807) is 19.9 Å². The number of hydrogen-bond acceptors (Lipinski definition) is 2. The Hall–Kier alpha value is -1.79. The monoisotopic (exact) mass is 229 g/mol. The Kier molecular flexibility index (Phi) is 2.91. The maximum Gasteiger partial charge on any atom is 0.252 e. The van der Waals surface area contributed by atoms with Crippen molar-refractivity contribution >= 4 is 5.91 Å². The molecule has 1 N–H and O–H groups in total. The molecule has 2 rings (SSSR count). The minimum atomic E-state index is -0.632. The van der Waals surface area contributed by atoms with E-state index in [9.17, 15) is 4.79 Å². The number of nitrogens with one attached hydrogen (secondary N) is 1. The summed E-state index contributed by atoms with van der Waals surface area (Å²) in [5.41, 5.74) is 2.22. The summed E-state index contributed by atoms with van der Waals surface area (Å²) < 4.78 is 5.31. The Morgan fingerprint density at radius 2 is 2.12 bits per heavy atom. The predicted molar refractivity (Wildman–Crippen MR) is 65.3 cm³/mol. The third kappa shape index (κ3) is 2.48. The maximum absolute atomic E-state index is 12.0. The van der Waals surface area contributed by atoms with Gasteiger partial charge in [0.15, 0.2) is 0 Å². The van der Waals surface area contributed by atoms with Crippen molar-refractivity contribution in [2.75, 3.05) is 0 Å². The number of rotatable bonds is 2. The first-order chi connectivity index (χ1) is 8.02. The van der Waals surface area contributed by atoms with Crippen molar-refractivity contribution < 1.29 is 9.53 Å². The van der Waals surface area contributed by atoms with Crippen LogP contribution >= 0.6 is 0 Å². The number of hydrogen-bond donors (Lipinski definition) is 1. The standard InChI is InChI=1S/C14H15NO2/c1-4-14(2,3)15-13(16)10-5-6-11-8-17-9-12(11)7-10/h1,5-7H,8-9H2,2-3H3,(H,15,16). The third-order valence-electron chi connectivity index (χ3n) is 2.77. The lowest BCUT2D eigenvalue weighted by Gasteiger charge is -2.19. The van der Waals surface area contributed by atoms with E-state index in [2.05, 4.69) is 11.2 Å². The Morgan fingerprint density at radius 1 is 1.41 bits per heavy atom. The van der Waals surface area contributed by atoms with E-state index >= 15 is 0 Å². The van der Waals surface area contributed by atoms with Gasteiger partial charge in [0.2, 0.25) is 0 Å². The topological polar surface area (TPSA) is 38.3 Å². The molecule has 1 aromatic rings. The molecule has 3 nitrogen and oxygen atoms in total. The lowest BCUT2D eigenvalue weighted by molar-refractivity contribution is 0.0929. The van der Waals surface area contributed by atoms with Crippen LogP contribution in [0, 0.1) is 12.3 Å². The summed E-state index contributed by atoms with van der Waals surface area (Å²) in [6, 6.07) is 5.60. The van der Waals surface area contributed by atoms with Gasteiger partial charge in [-0.05, 0) is 37.1 Å². The van der Waals surface area contributed by atoms with Gasteiger partial charge in [-0.15, -0.1) is 6.42 Å². The number of carbonyl (C=O) groups is 1. The molecule has 0 aliphatic carbocycles. The van der Waals surface area contributed by atoms with Crippen molar-refractivity contribution in [3.05, 3.63) is 34.9 Å². The van der Waals surface area contributed by atoms with Crippen LogP contribution in [0.4, 0.5) is 0 Å². The average Bonchev–Trinajstić information content (AvgIpc) is 2.75. The highest BCUT2D eigenvalue weighted by molar-refractivity contribution is 5.95. The van der Waals surface area contributed by atoms with Gasteiger partial charge in [-0.1, -0.05) is 12.0 Å². The van der Waals surface area contributed by atoms with Crippen LogP contribution in [-0.4, -0.2) is 11.4 Å². The van der Waals surface area contributed by atoms with Crippen LogP contribution in [0.2, 0.25) is 0 Å². The molecule has 1 amide bonds. The zero-order chi connectivity index (χ0) is 12.5. The van der Waals surface area contributed by atoms with E-state index in [1.807, 2.05) is 12.1 Å². The Bertz CT molecular complexity index is 497. The number of ether oxygens (including phenoxy) is 1. The van der Waals surface area contributed by atoms with Gasteiger partial charge in [-0.2, -0.15) is 0 Å². The number of fused-ring (bicyclic) bond motifs is 1. The van der Waals surface area contributed by atoms with Crippen molar-refractivity contribution in [1.29, 1.82) is 0 Å². The zero-order valence-electron chi connectivity index (χ0n) is 10.0. The molecular formula is C14H15NO2. The van der Waals surface area contributed by atoms with Gasteiger partial charge in [0.1, 0.15) is 0 Å². The minimum absolute atomic E-state index is 0.150. The first-order valence-electron chi connectivity index (χ1n) is 5.52. The largest absolute Gasteiger partial charge is 0.372 e. The number of benzene rings is 1. The van der Waals surface area contributed by atoms with Crippen molar-refractivity contribution in [2.45, 2.75) is 32.6 Å². The average molecular weight is 229 g/mol. The van der Waals surface area contributed by atoms with Crippen LogP contribution in [0.1, 0.15) is 35.3 Å².